The van der Waals surface area contributed by atoms with Gasteiger partial charge in [0.25, 0.3) is 0 Å². The van der Waals surface area contributed by atoms with Crippen LogP contribution in [-0.2, 0) is 0 Å². The van der Waals surface area contributed by atoms with Crippen LogP contribution in [-0.4, -0.2) is 12.1 Å². The van der Waals surface area contributed by atoms with Gasteiger partial charge in [0.05, 0.1) is 16.7 Å². The predicted octanol–water partition coefficient (Wildman–Crippen LogP) is 5.21. The Morgan fingerprint density at radius 1 is 1.04 bits per heavy atom. The summed E-state index contributed by atoms with van der Waals surface area (Å²) < 4.78 is 63.8. The van der Waals surface area contributed by atoms with E-state index in [1.165, 1.54) is 18.2 Å². The van der Waals surface area contributed by atoms with Crippen LogP contribution >= 0.6 is 11.6 Å². The molecule has 25 heavy (non-hydrogen) atoms. The van der Waals surface area contributed by atoms with Crippen molar-refractivity contribution in [1.82, 2.24) is 0 Å². The van der Waals surface area contributed by atoms with Gasteiger partial charge in [0.1, 0.15) is 5.75 Å². The zero-order valence-corrected chi connectivity index (χ0v) is 14.2. The van der Waals surface area contributed by atoms with E-state index in [2.05, 4.69) is 0 Å². The molecule has 0 saturated carbocycles. The average Bonchev–Trinajstić information content (AvgIpc) is 2.56. The maximum Gasteiger partial charge on any atom is 0.343 e. The second-order valence-electron chi connectivity index (χ2n) is 5.41. The van der Waals surface area contributed by atoms with Gasteiger partial charge < -0.3 is 9.47 Å². The highest BCUT2D eigenvalue weighted by Crippen LogP contribution is 2.31. The molecule has 0 amide bonds. The maximum atomic E-state index is 13.8. The van der Waals surface area contributed by atoms with Crippen molar-refractivity contribution in [2.45, 2.75) is 26.9 Å². The average molecular weight is 377 g/mol. The normalized spacial score (nSPS) is 10.9. The minimum atomic E-state index is -2.07. The van der Waals surface area contributed by atoms with Gasteiger partial charge in [0, 0.05) is 5.56 Å². The van der Waals surface area contributed by atoms with E-state index in [9.17, 15) is 22.4 Å². The molecule has 2 aromatic carbocycles. The number of halogens is 5. The third kappa shape index (κ3) is 3.87. The number of ether oxygens (including phenoxy) is 2. The number of rotatable bonds is 4. The Morgan fingerprint density at radius 3 is 2.20 bits per heavy atom. The van der Waals surface area contributed by atoms with Gasteiger partial charge in [0.2, 0.25) is 11.6 Å². The minimum absolute atomic E-state index is 0.0943. The van der Waals surface area contributed by atoms with E-state index in [-0.39, 0.29) is 16.7 Å². The summed E-state index contributed by atoms with van der Waals surface area (Å²) in [6.07, 6.45) is -0.155. The van der Waals surface area contributed by atoms with Crippen LogP contribution in [0.3, 0.4) is 0 Å². The predicted molar refractivity (Wildman–Crippen MR) is 83.2 cm³/mol. The zero-order chi connectivity index (χ0) is 18.9. The first-order valence-corrected chi connectivity index (χ1v) is 7.52. The van der Waals surface area contributed by atoms with Crippen LogP contribution in [0, 0.1) is 30.2 Å². The van der Waals surface area contributed by atoms with Gasteiger partial charge in [-0.05, 0) is 39.0 Å². The van der Waals surface area contributed by atoms with Crippen LogP contribution in [0.25, 0.3) is 0 Å². The molecule has 0 spiro atoms. The molecule has 0 aliphatic rings. The molecular formula is C17H13ClF4O3. The first kappa shape index (κ1) is 19.1. The molecule has 2 aromatic rings. The molecule has 0 N–H and O–H groups in total. The van der Waals surface area contributed by atoms with Crippen molar-refractivity contribution < 1.29 is 31.8 Å². The van der Waals surface area contributed by atoms with E-state index in [0.717, 1.165) is 6.92 Å². The summed E-state index contributed by atoms with van der Waals surface area (Å²) >= 11 is 5.98. The van der Waals surface area contributed by atoms with Crippen molar-refractivity contribution in [1.29, 1.82) is 0 Å². The molecule has 134 valence electrons. The van der Waals surface area contributed by atoms with Crippen molar-refractivity contribution in [2.24, 2.45) is 0 Å². The lowest BCUT2D eigenvalue weighted by Gasteiger charge is -2.13. The molecule has 0 saturated heterocycles. The minimum Gasteiger partial charge on any atom is -0.489 e. The van der Waals surface area contributed by atoms with Crippen molar-refractivity contribution in [3.05, 3.63) is 57.6 Å². The Kier molecular flexibility index (Phi) is 5.57. The smallest absolute Gasteiger partial charge is 0.343 e. The van der Waals surface area contributed by atoms with Gasteiger partial charge in [-0.1, -0.05) is 11.6 Å². The highest BCUT2D eigenvalue weighted by Gasteiger charge is 2.26. The Bertz CT molecular complexity index is 808. The lowest BCUT2D eigenvalue weighted by atomic mass is 10.1. The van der Waals surface area contributed by atoms with E-state index >= 15 is 0 Å². The number of carbonyl (C=O) groups excluding carboxylic acids is 1. The van der Waals surface area contributed by atoms with Gasteiger partial charge in [-0.15, -0.1) is 0 Å². The first-order valence-electron chi connectivity index (χ1n) is 7.14. The topological polar surface area (TPSA) is 35.5 Å². The fraction of sp³-hybridized carbons (Fsp3) is 0.235. The summed E-state index contributed by atoms with van der Waals surface area (Å²) in [6.45, 7) is 4.51. The van der Waals surface area contributed by atoms with Gasteiger partial charge in [-0.3, -0.25) is 0 Å². The molecule has 0 unspecified atom stereocenters. The standard InChI is InChI=1S/C17H13ClF4O3/c1-7(2)24-11-5-4-9(6-10(11)18)17(23)25-16-8(3)12(19)13(20)14(21)15(16)22/h4-7H,1-3H3. The van der Waals surface area contributed by atoms with Gasteiger partial charge in [0.15, 0.2) is 17.4 Å². The second-order valence-corrected chi connectivity index (χ2v) is 5.82. The van der Waals surface area contributed by atoms with E-state index in [1.54, 1.807) is 13.8 Å². The number of carbonyl (C=O) groups is 1. The first-order chi connectivity index (χ1) is 11.6. The highest BCUT2D eigenvalue weighted by atomic mass is 35.5. The largest absolute Gasteiger partial charge is 0.489 e. The molecule has 0 fully saturated rings. The number of esters is 1. The summed E-state index contributed by atoms with van der Waals surface area (Å²) in [5, 5.41) is 0.0943. The van der Waals surface area contributed by atoms with Crippen LogP contribution in [0.2, 0.25) is 5.02 Å². The molecule has 0 bridgehead atoms. The third-order valence-corrected chi connectivity index (χ3v) is 3.47. The van der Waals surface area contributed by atoms with Crippen molar-refractivity contribution in [3.8, 4) is 11.5 Å². The Labute approximate surface area is 146 Å². The number of benzene rings is 2. The molecular weight excluding hydrogens is 364 g/mol. The van der Waals surface area contributed by atoms with Gasteiger partial charge >= 0.3 is 5.97 Å². The van der Waals surface area contributed by atoms with Crippen LogP contribution in [0.15, 0.2) is 18.2 Å². The Hall–Kier alpha value is -2.28. The quantitative estimate of drug-likeness (QED) is 0.241. The molecule has 3 nitrogen and oxygen atoms in total. The number of hydrogen-bond donors (Lipinski definition) is 0. The number of hydrogen-bond acceptors (Lipinski definition) is 3. The Balaban J connectivity index is 2.34. The molecule has 0 atom stereocenters. The maximum absolute atomic E-state index is 13.8. The molecule has 0 aliphatic carbocycles. The van der Waals surface area contributed by atoms with E-state index in [4.69, 9.17) is 21.1 Å². The molecule has 0 heterocycles. The zero-order valence-electron chi connectivity index (χ0n) is 13.4. The van der Waals surface area contributed by atoms with Crippen molar-refractivity contribution >= 4 is 17.6 Å². The lowest BCUT2D eigenvalue weighted by molar-refractivity contribution is 0.0723. The molecule has 0 aromatic heterocycles. The van der Waals surface area contributed by atoms with Crippen LogP contribution in [0.1, 0.15) is 29.8 Å². The van der Waals surface area contributed by atoms with Gasteiger partial charge in [-0.25, -0.2) is 18.0 Å². The second kappa shape index (κ2) is 7.31. The summed E-state index contributed by atoms with van der Waals surface area (Å²) in [5.74, 6) is -9.31. The molecule has 8 heteroatoms. The fourth-order valence-corrected chi connectivity index (χ4v) is 2.20. The van der Waals surface area contributed by atoms with Crippen molar-refractivity contribution in [3.63, 3.8) is 0 Å². The van der Waals surface area contributed by atoms with Crippen LogP contribution in [0.4, 0.5) is 17.6 Å². The van der Waals surface area contributed by atoms with E-state index < -0.39 is 40.6 Å². The van der Waals surface area contributed by atoms with Crippen molar-refractivity contribution in [2.75, 3.05) is 0 Å². The van der Waals surface area contributed by atoms with Gasteiger partial charge in [-0.2, -0.15) is 4.39 Å². The molecule has 0 aliphatic heterocycles. The van der Waals surface area contributed by atoms with Crippen LogP contribution < -0.4 is 9.47 Å². The molecule has 0 radical (unpaired) electrons. The van der Waals surface area contributed by atoms with Crippen LogP contribution in [0.5, 0.6) is 11.5 Å². The fourth-order valence-electron chi connectivity index (χ4n) is 1.97. The Morgan fingerprint density at radius 2 is 1.64 bits per heavy atom. The van der Waals surface area contributed by atoms with E-state index in [0.29, 0.717) is 5.75 Å². The highest BCUT2D eigenvalue weighted by molar-refractivity contribution is 6.32. The summed E-state index contributed by atoms with van der Waals surface area (Å²) in [4.78, 5) is 12.1. The summed E-state index contributed by atoms with van der Waals surface area (Å²) in [7, 11) is 0. The monoisotopic (exact) mass is 376 g/mol. The van der Waals surface area contributed by atoms with E-state index in [1.807, 2.05) is 0 Å². The molecule has 2 rings (SSSR count). The SMILES string of the molecule is Cc1c(F)c(F)c(F)c(F)c1OC(=O)c1ccc(OC(C)C)c(Cl)c1. The lowest BCUT2D eigenvalue weighted by Crippen LogP contribution is -2.13. The summed E-state index contributed by atoms with van der Waals surface area (Å²) in [6, 6.07) is 3.88. The third-order valence-electron chi connectivity index (χ3n) is 3.17. The summed E-state index contributed by atoms with van der Waals surface area (Å²) in [5.41, 5.74) is -0.777.